The lowest BCUT2D eigenvalue weighted by atomic mass is 9.82. The van der Waals surface area contributed by atoms with Gasteiger partial charge < -0.3 is 19.8 Å². The Hall–Kier alpha value is -3.80. The van der Waals surface area contributed by atoms with Crippen molar-refractivity contribution in [3.63, 3.8) is 0 Å². The highest BCUT2D eigenvalue weighted by Gasteiger charge is 2.66. The summed E-state index contributed by atoms with van der Waals surface area (Å²) in [5.41, 5.74) is -1.12. The monoisotopic (exact) mass is 592 g/mol. The fraction of sp³-hybridized carbons (Fsp3) is 0.387. The lowest BCUT2D eigenvalue weighted by molar-refractivity contribution is -0.143. The number of amides is 2. The first-order chi connectivity index (χ1) is 20.1. The van der Waals surface area contributed by atoms with E-state index in [0.717, 1.165) is 19.3 Å². The Labute approximate surface area is 246 Å². The molecule has 10 nitrogen and oxygen atoms in total. The van der Waals surface area contributed by atoms with Crippen molar-refractivity contribution < 1.29 is 27.9 Å². The number of fused-ring (bicyclic) bond motifs is 2. The molecule has 0 saturated carbocycles. The summed E-state index contributed by atoms with van der Waals surface area (Å²) in [6.07, 6.45) is 4.63. The largest absolute Gasteiger partial charge is 0.507 e. The molecule has 42 heavy (non-hydrogen) atoms. The van der Waals surface area contributed by atoms with Gasteiger partial charge in [-0.1, -0.05) is 30.7 Å². The molecule has 1 N–H and O–H groups in total. The van der Waals surface area contributed by atoms with Crippen molar-refractivity contribution >= 4 is 39.1 Å². The maximum Gasteiger partial charge on any atom is 0.296 e. The van der Waals surface area contributed by atoms with Crippen LogP contribution in [0.2, 0.25) is 0 Å². The number of aliphatic hydroxyl groups excluding tert-OH is 1. The van der Waals surface area contributed by atoms with Crippen LogP contribution in [0.3, 0.4) is 0 Å². The summed E-state index contributed by atoms with van der Waals surface area (Å²) >= 11 is 0. The lowest BCUT2D eigenvalue weighted by Gasteiger charge is -2.34. The molecule has 3 heterocycles. The number of anilines is 1. The number of carbonyl (C=O) groups is 3. The quantitative estimate of drug-likeness (QED) is 0.206. The minimum absolute atomic E-state index is 0.0687. The summed E-state index contributed by atoms with van der Waals surface area (Å²) in [6.45, 7) is 5.52. The number of hydrogen-bond donors (Lipinski definition) is 1. The molecule has 3 aliphatic heterocycles. The van der Waals surface area contributed by atoms with Gasteiger partial charge in [-0.2, -0.15) is 4.31 Å². The van der Waals surface area contributed by atoms with Gasteiger partial charge in [-0.3, -0.25) is 14.4 Å². The fourth-order valence-corrected chi connectivity index (χ4v) is 7.72. The Morgan fingerprint density at radius 1 is 1.02 bits per heavy atom. The average Bonchev–Trinajstić information content (AvgIpc) is 3.36. The summed E-state index contributed by atoms with van der Waals surface area (Å²) in [4.78, 5) is 46.5. The van der Waals surface area contributed by atoms with E-state index in [2.05, 4.69) is 6.58 Å². The number of hydrogen-bond acceptors (Lipinski definition) is 7. The van der Waals surface area contributed by atoms with Gasteiger partial charge in [0.25, 0.3) is 17.6 Å². The summed E-state index contributed by atoms with van der Waals surface area (Å²) in [5, 5.41) is 11.7. The van der Waals surface area contributed by atoms with Gasteiger partial charge in [0, 0.05) is 37.3 Å². The van der Waals surface area contributed by atoms with E-state index < -0.39 is 38.9 Å². The van der Waals surface area contributed by atoms with Gasteiger partial charge in [-0.15, -0.1) is 6.58 Å². The second kappa shape index (κ2) is 11.5. The van der Waals surface area contributed by atoms with Gasteiger partial charge in [-0.05, 0) is 70.2 Å². The molecule has 0 aliphatic carbocycles. The molecule has 2 aromatic rings. The van der Waals surface area contributed by atoms with Gasteiger partial charge in [0.15, 0.2) is 5.54 Å². The van der Waals surface area contributed by atoms with Crippen LogP contribution in [0.5, 0.6) is 0 Å². The molecule has 3 aliphatic rings. The number of Topliss-reactive ketones (excluding diaryl/α,β-unsaturated/α-hetero) is 1. The number of piperidine rings is 1. The molecule has 2 saturated heterocycles. The van der Waals surface area contributed by atoms with E-state index in [4.69, 9.17) is 0 Å². The predicted octanol–water partition coefficient (Wildman–Crippen LogP) is 2.92. The molecule has 0 aromatic heterocycles. The van der Waals surface area contributed by atoms with Crippen LogP contribution in [-0.4, -0.2) is 92.0 Å². The Bertz CT molecular complexity index is 1560. The Kier molecular flexibility index (Phi) is 8.10. The molecule has 2 aromatic carbocycles. The average molecular weight is 593 g/mol. The molecule has 2 fully saturated rings. The van der Waals surface area contributed by atoms with Crippen molar-refractivity contribution in [2.24, 2.45) is 0 Å². The van der Waals surface area contributed by atoms with Crippen molar-refractivity contribution in [2.45, 2.75) is 36.1 Å². The molecule has 0 unspecified atom stereocenters. The van der Waals surface area contributed by atoms with Crippen LogP contribution in [0, 0.1) is 0 Å². The van der Waals surface area contributed by atoms with Crippen LogP contribution >= 0.6 is 0 Å². The van der Waals surface area contributed by atoms with Crippen molar-refractivity contribution in [3.05, 3.63) is 77.9 Å². The molecule has 2 amide bonds. The molecule has 0 bridgehead atoms. The van der Waals surface area contributed by atoms with Crippen LogP contribution in [0.4, 0.5) is 5.69 Å². The normalized spacial score (nSPS) is 22.4. The number of carbonyl (C=O) groups excluding carboxylic acids is 3. The fourth-order valence-electron chi connectivity index (χ4n) is 6.21. The summed E-state index contributed by atoms with van der Waals surface area (Å²) < 4.78 is 27.8. The SMILES string of the molecule is C=CCN1C(=O)[C@@]2(C(=C(O)c3ccc(S(=O)(=O)N4CCCCC4)cc3)C(=O)C(=O)N2CCCN(C)C)c2ccccc21. The van der Waals surface area contributed by atoms with Gasteiger partial charge in [0.1, 0.15) is 5.76 Å². The van der Waals surface area contributed by atoms with E-state index in [1.165, 1.54) is 38.4 Å². The van der Waals surface area contributed by atoms with Crippen molar-refractivity contribution in [2.75, 3.05) is 51.7 Å². The Morgan fingerprint density at radius 2 is 1.69 bits per heavy atom. The van der Waals surface area contributed by atoms with Gasteiger partial charge in [0.2, 0.25) is 10.0 Å². The highest BCUT2D eigenvalue weighted by atomic mass is 32.2. The minimum atomic E-state index is -3.72. The summed E-state index contributed by atoms with van der Waals surface area (Å²) in [6, 6.07) is 12.5. The van der Waals surface area contributed by atoms with E-state index in [1.807, 2.05) is 19.0 Å². The number of ketones is 1. The first kappa shape index (κ1) is 29.7. The molecule has 1 spiro atoms. The van der Waals surface area contributed by atoms with Crippen LogP contribution in [0.1, 0.15) is 36.8 Å². The molecule has 222 valence electrons. The molecule has 1 atom stereocenters. The second-order valence-electron chi connectivity index (χ2n) is 11.1. The van der Waals surface area contributed by atoms with E-state index in [0.29, 0.717) is 37.3 Å². The molecule has 5 rings (SSSR count). The zero-order valence-electron chi connectivity index (χ0n) is 24.0. The highest BCUT2D eigenvalue weighted by molar-refractivity contribution is 7.89. The smallest absolute Gasteiger partial charge is 0.296 e. The standard InChI is InChI=1S/C31H36N4O6S/c1-4-17-34-25-12-7-6-11-24(25)31(30(34)39)26(28(37)29(38)35(31)21-10-18-32(2)3)27(36)22-13-15-23(16-14-22)42(40,41)33-19-8-5-9-20-33/h4,6-7,11-16,36H,1,5,8-10,17-21H2,2-3H3/t31-/m0/s1. The molecule has 0 radical (unpaired) electrons. The third kappa shape index (κ3) is 4.65. The number of likely N-dealkylation sites (tertiary alicyclic amines) is 1. The maximum absolute atomic E-state index is 14.4. The molecule has 11 heteroatoms. The zero-order valence-corrected chi connectivity index (χ0v) is 24.8. The maximum atomic E-state index is 14.4. The topological polar surface area (TPSA) is 119 Å². The summed E-state index contributed by atoms with van der Waals surface area (Å²) in [7, 11) is 0.0580. The van der Waals surface area contributed by atoms with E-state index >= 15 is 0 Å². The van der Waals surface area contributed by atoms with Gasteiger partial charge >= 0.3 is 0 Å². The highest BCUT2D eigenvalue weighted by Crippen LogP contribution is 2.53. The van der Waals surface area contributed by atoms with E-state index in [-0.39, 0.29) is 29.1 Å². The number of nitrogens with zero attached hydrogens (tertiary/aromatic N) is 4. The number of para-hydroxylation sites is 1. The third-order valence-corrected chi connectivity index (χ3v) is 10.1. The van der Waals surface area contributed by atoms with E-state index in [1.54, 1.807) is 30.3 Å². The number of aliphatic hydroxyl groups is 1. The van der Waals surface area contributed by atoms with Gasteiger partial charge in [-0.25, -0.2) is 8.42 Å². The van der Waals surface area contributed by atoms with Crippen molar-refractivity contribution in [1.29, 1.82) is 0 Å². The molecular weight excluding hydrogens is 556 g/mol. The van der Waals surface area contributed by atoms with Crippen LogP contribution in [0.15, 0.2) is 71.7 Å². The number of rotatable bonds is 9. The predicted molar refractivity (Wildman–Crippen MR) is 159 cm³/mol. The third-order valence-electron chi connectivity index (χ3n) is 8.19. The number of sulfonamides is 1. The van der Waals surface area contributed by atoms with Crippen LogP contribution in [0.25, 0.3) is 5.76 Å². The first-order valence-electron chi connectivity index (χ1n) is 14.1. The second-order valence-corrected chi connectivity index (χ2v) is 13.0. The molecular formula is C31H36N4O6S. The minimum Gasteiger partial charge on any atom is -0.507 e. The zero-order chi connectivity index (χ0) is 30.2. The number of benzene rings is 2. The Balaban J connectivity index is 1.65. The van der Waals surface area contributed by atoms with Crippen molar-refractivity contribution in [3.8, 4) is 0 Å². The first-order valence-corrected chi connectivity index (χ1v) is 15.6. The van der Waals surface area contributed by atoms with Gasteiger partial charge in [0.05, 0.1) is 16.2 Å². The van der Waals surface area contributed by atoms with Crippen LogP contribution < -0.4 is 4.90 Å². The Morgan fingerprint density at radius 3 is 2.33 bits per heavy atom. The van der Waals surface area contributed by atoms with Crippen LogP contribution in [-0.2, 0) is 29.9 Å². The lowest BCUT2D eigenvalue weighted by Crippen LogP contribution is -2.52. The van der Waals surface area contributed by atoms with Crippen molar-refractivity contribution in [1.82, 2.24) is 14.1 Å². The summed E-state index contributed by atoms with van der Waals surface area (Å²) in [5.74, 6) is -2.90. The van der Waals surface area contributed by atoms with E-state index in [9.17, 15) is 27.9 Å².